The molecule has 0 atom stereocenters. The van der Waals surface area contributed by atoms with Crippen LogP contribution in [0.25, 0.3) is 0 Å². The summed E-state index contributed by atoms with van der Waals surface area (Å²) in [5.41, 5.74) is -0.356. The average molecular weight is 279 g/mol. The summed E-state index contributed by atoms with van der Waals surface area (Å²) in [6.45, 7) is 7.86. The third kappa shape index (κ3) is 2.31. The van der Waals surface area contributed by atoms with Gasteiger partial charge >= 0.3 is 7.12 Å². The van der Waals surface area contributed by atoms with Gasteiger partial charge in [0.25, 0.3) is 5.95 Å². The molecule has 0 bridgehead atoms. The molecule has 2 fully saturated rings. The Balaban J connectivity index is 1.93. The fraction of sp³-hybridized carbons (Fsp3) is 0.643. The van der Waals surface area contributed by atoms with E-state index in [9.17, 15) is 4.39 Å². The van der Waals surface area contributed by atoms with E-state index in [4.69, 9.17) is 14.0 Å². The van der Waals surface area contributed by atoms with E-state index < -0.39 is 24.3 Å². The molecule has 1 aromatic rings. The van der Waals surface area contributed by atoms with Crippen LogP contribution in [0.1, 0.15) is 40.5 Å². The first-order valence-electron chi connectivity index (χ1n) is 6.97. The Kier molecular flexibility index (Phi) is 3.06. The third-order valence-electron chi connectivity index (χ3n) is 4.21. The molecule has 0 spiro atoms. The molecule has 4 nitrogen and oxygen atoms in total. The van der Waals surface area contributed by atoms with E-state index in [1.165, 1.54) is 6.20 Å². The van der Waals surface area contributed by atoms with Crippen LogP contribution in [-0.2, 0) is 9.31 Å². The maximum atomic E-state index is 13.9. The van der Waals surface area contributed by atoms with Crippen molar-refractivity contribution in [3.8, 4) is 5.75 Å². The lowest BCUT2D eigenvalue weighted by atomic mass is 9.79. The largest absolute Gasteiger partial charge is 0.498 e. The van der Waals surface area contributed by atoms with Gasteiger partial charge in [0.2, 0.25) is 0 Å². The molecule has 2 heterocycles. The topological polar surface area (TPSA) is 40.6 Å². The van der Waals surface area contributed by atoms with E-state index in [1.807, 2.05) is 27.7 Å². The fourth-order valence-corrected chi connectivity index (χ4v) is 2.06. The summed E-state index contributed by atoms with van der Waals surface area (Å²) >= 11 is 0. The van der Waals surface area contributed by atoms with Crippen molar-refractivity contribution < 1.29 is 18.4 Å². The second-order valence-corrected chi connectivity index (χ2v) is 6.43. The van der Waals surface area contributed by atoms with Crippen LogP contribution in [0.5, 0.6) is 5.75 Å². The van der Waals surface area contributed by atoms with E-state index in [0.29, 0.717) is 5.46 Å². The van der Waals surface area contributed by atoms with E-state index >= 15 is 0 Å². The molecule has 0 aromatic carbocycles. The first-order valence-corrected chi connectivity index (χ1v) is 6.97. The zero-order valence-corrected chi connectivity index (χ0v) is 12.3. The van der Waals surface area contributed by atoms with Gasteiger partial charge in [0.05, 0.1) is 17.3 Å². The van der Waals surface area contributed by atoms with Gasteiger partial charge in [-0.3, -0.25) is 0 Å². The van der Waals surface area contributed by atoms with Crippen LogP contribution >= 0.6 is 0 Å². The van der Waals surface area contributed by atoms with Crippen molar-refractivity contribution >= 4 is 12.6 Å². The zero-order chi connectivity index (χ0) is 14.5. The standard InChI is InChI=1S/C14H19BFNO3/c1-13(2)14(3,4)20-15(19-13)10-7-8-17-12(16)11(10)18-9-5-6-9/h7-9H,5-6H2,1-4H3. The number of hydrogen-bond donors (Lipinski definition) is 0. The number of rotatable bonds is 3. The van der Waals surface area contributed by atoms with E-state index in [2.05, 4.69) is 4.98 Å². The predicted molar refractivity (Wildman–Crippen MR) is 73.6 cm³/mol. The van der Waals surface area contributed by atoms with Crippen LogP contribution in [-0.4, -0.2) is 29.4 Å². The normalized spacial score (nSPS) is 23.9. The fourth-order valence-electron chi connectivity index (χ4n) is 2.06. The molecular weight excluding hydrogens is 260 g/mol. The molecule has 2 aliphatic rings. The molecule has 3 rings (SSSR count). The molecular formula is C14H19BFNO3. The number of hydrogen-bond acceptors (Lipinski definition) is 4. The highest BCUT2D eigenvalue weighted by Gasteiger charge is 2.53. The maximum Gasteiger partial charge on any atom is 0.498 e. The van der Waals surface area contributed by atoms with Crippen molar-refractivity contribution in [3.63, 3.8) is 0 Å². The van der Waals surface area contributed by atoms with Crippen LogP contribution in [0.3, 0.4) is 0 Å². The van der Waals surface area contributed by atoms with E-state index in [-0.39, 0.29) is 11.9 Å². The average Bonchev–Trinajstić information content (AvgIpc) is 3.10. The molecule has 1 saturated carbocycles. The summed E-state index contributed by atoms with van der Waals surface area (Å²) < 4.78 is 31.5. The molecule has 0 unspecified atom stereocenters. The van der Waals surface area contributed by atoms with Crippen molar-refractivity contribution in [1.29, 1.82) is 0 Å². The van der Waals surface area contributed by atoms with Gasteiger partial charge in [-0.1, -0.05) is 0 Å². The maximum absolute atomic E-state index is 13.9. The lowest BCUT2D eigenvalue weighted by Gasteiger charge is -2.32. The van der Waals surface area contributed by atoms with Crippen LogP contribution < -0.4 is 10.2 Å². The number of pyridine rings is 1. The van der Waals surface area contributed by atoms with Crippen molar-refractivity contribution in [1.82, 2.24) is 4.98 Å². The molecule has 1 aliphatic heterocycles. The number of nitrogens with zero attached hydrogens (tertiary/aromatic N) is 1. The first-order chi connectivity index (χ1) is 9.30. The van der Waals surface area contributed by atoms with Gasteiger partial charge in [-0.05, 0) is 46.6 Å². The Hall–Kier alpha value is -1.14. The minimum absolute atomic E-state index is 0.0925. The van der Waals surface area contributed by atoms with Gasteiger partial charge in [0.1, 0.15) is 0 Å². The molecule has 1 aliphatic carbocycles. The lowest BCUT2D eigenvalue weighted by Crippen LogP contribution is -2.41. The van der Waals surface area contributed by atoms with Gasteiger partial charge in [-0.2, -0.15) is 4.39 Å². The molecule has 0 amide bonds. The van der Waals surface area contributed by atoms with Crippen molar-refractivity contribution in [2.75, 3.05) is 0 Å². The van der Waals surface area contributed by atoms with Crippen LogP contribution in [0.4, 0.5) is 4.39 Å². The second-order valence-electron chi connectivity index (χ2n) is 6.43. The van der Waals surface area contributed by atoms with Crippen molar-refractivity contribution in [2.45, 2.75) is 57.8 Å². The van der Waals surface area contributed by atoms with Crippen LogP contribution in [0.15, 0.2) is 12.3 Å². The lowest BCUT2D eigenvalue weighted by molar-refractivity contribution is 0.00578. The minimum Gasteiger partial charge on any atom is -0.486 e. The summed E-state index contributed by atoms with van der Waals surface area (Å²) in [6, 6.07) is 1.70. The predicted octanol–water partition coefficient (Wildman–Crippen LogP) is 2.06. The minimum atomic E-state index is -0.633. The number of halogens is 1. The van der Waals surface area contributed by atoms with Crippen molar-refractivity contribution in [2.24, 2.45) is 0 Å². The summed E-state index contributed by atoms with van der Waals surface area (Å²) in [6.07, 6.45) is 3.42. The van der Waals surface area contributed by atoms with Crippen LogP contribution in [0.2, 0.25) is 0 Å². The van der Waals surface area contributed by atoms with Crippen molar-refractivity contribution in [3.05, 3.63) is 18.2 Å². The van der Waals surface area contributed by atoms with Gasteiger partial charge in [0, 0.05) is 11.7 Å². The van der Waals surface area contributed by atoms with Gasteiger partial charge in [-0.25, -0.2) is 4.98 Å². The highest BCUT2D eigenvalue weighted by Crippen LogP contribution is 2.37. The smallest absolute Gasteiger partial charge is 0.486 e. The molecule has 1 saturated heterocycles. The Labute approximate surface area is 118 Å². The van der Waals surface area contributed by atoms with Gasteiger partial charge < -0.3 is 14.0 Å². The number of aromatic nitrogens is 1. The monoisotopic (exact) mass is 279 g/mol. The van der Waals surface area contributed by atoms with Gasteiger partial charge in [0.15, 0.2) is 5.75 Å². The van der Waals surface area contributed by atoms with E-state index in [0.717, 1.165) is 12.8 Å². The van der Waals surface area contributed by atoms with Crippen LogP contribution in [0, 0.1) is 5.95 Å². The molecule has 20 heavy (non-hydrogen) atoms. The SMILES string of the molecule is CC1(C)OB(c2ccnc(F)c2OC2CC2)OC1(C)C. The summed E-state index contributed by atoms with van der Waals surface area (Å²) in [5.74, 6) is -0.447. The number of ether oxygens (including phenoxy) is 1. The summed E-state index contributed by atoms with van der Waals surface area (Å²) in [5, 5.41) is 0. The quantitative estimate of drug-likeness (QED) is 0.627. The molecule has 0 N–H and O–H groups in total. The highest BCUT2D eigenvalue weighted by molar-refractivity contribution is 6.63. The summed E-state index contributed by atoms with van der Waals surface area (Å²) in [7, 11) is -0.633. The second kappa shape index (κ2) is 4.43. The third-order valence-corrected chi connectivity index (χ3v) is 4.21. The molecule has 1 aromatic heterocycles. The van der Waals surface area contributed by atoms with E-state index in [1.54, 1.807) is 6.07 Å². The molecule has 0 radical (unpaired) electrons. The zero-order valence-electron chi connectivity index (χ0n) is 12.3. The highest BCUT2D eigenvalue weighted by atomic mass is 19.1. The summed E-state index contributed by atoms with van der Waals surface area (Å²) in [4.78, 5) is 3.66. The first kappa shape index (κ1) is 13.8. The Morgan fingerprint density at radius 3 is 2.40 bits per heavy atom. The Bertz CT molecular complexity index is 515. The Morgan fingerprint density at radius 2 is 1.85 bits per heavy atom. The molecule has 6 heteroatoms. The Morgan fingerprint density at radius 1 is 1.25 bits per heavy atom. The van der Waals surface area contributed by atoms with Gasteiger partial charge in [-0.15, -0.1) is 0 Å². The molecule has 108 valence electrons.